The van der Waals surface area contributed by atoms with Crippen molar-refractivity contribution in [3.63, 3.8) is 0 Å². The number of anilines is 1. The summed E-state index contributed by atoms with van der Waals surface area (Å²) in [5, 5.41) is 3.02. The number of rotatable bonds is 6. The highest BCUT2D eigenvalue weighted by atomic mass is 19.4. The van der Waals surface area contributed by atoms with Crippen LogP contribution < -0.4 is 5.32 Å². The van der Waals surface area contributed by atoms with Crippen LogP contribution in [0.15, 0.2) is 48.5 Å². The predicted octanol–water partition coefficient (Wildman–Crippen LogP) is 6.21. The number of benzene rings is 2. The minimum atomic E-state index is -4.33. The second-order valence-corrected chi connectivity index (χ2v) is 10.9. The quantitative estimate of drug-likeness (QED) is 0.483. The Morgan fingerprint density at radius 1 is 0.921 bits per heavy atom. The van der Waals surface area contributed by atoms with Crippen molar-refractivity contribution in [2.24, 2.45) is 5.92 Å². The number of carbonyl (C=O) groups excluding carboxylic acids is 2. The summed E-state index contributed by atoms with van der Waals surface area (Å²) in [6.45, 7) is 2.93. The van der Waals surface area contributed by atoms with Crippen molar-refractivity contribution >= 4 is 17.7 Å². The van der Waals surface area contributed by atoms with Crippen molar-refractivity contribution < 1.29 is 27.5 Å². The Morgan fingerprint density at radius 2 is 1.53 bits per heavy atom. The van der Waals surface area contributed by atoms with E-state index in [-0.39, 0.29) is 17.9 Å². The Morgan fingerprint density at radius 3 is 2.16 bits per heavy atom. The van der Waals surface area contributed by atoms with Crippen LogP contribution in [0.4, 0.5) is 23.7 Å². The summed E-state index contributed by atoms with van der Waals surface area (Å²) in [6, 6.07) is 12.9. The molecule has 0 bridgehead atoms. The average Bonchev–Trinajstić information content (AvgIpc) is 3.21. The first-order valence-corrected chi connectivity index (χ1v) is 13.5. The maximum Gasteiger partial charge on any atom is 0.416 e. The van der Waals surface area contributed by atoms with Gasteiger partial charge in [-0.05, 0) is 48.2 Å². The summed E-state index contributed by atoms with van der Waals surface area (Å²) in [5.74, 6) is 0.188. The molecular weight excluding hydrogens is 495 g/mol. The van der Waals surface area contributed by atoms with E-state index in [0.717, 1.165) is 54.6 Å². The van der Waals surface area contributed by atoms with Crippen LogP contribution in [-0.2, 0) is 28.8 Å². The molecule has 3 aliphatic rings. The molecule has 2 amide bonds. The highest BCUT2D eigenvalue weighted by Crippen LogP contribution is 2.35. The number of nitrogens with one attached hydrogen (secondary N) is 1. The Bertz CT molecular complexity index is 1120. The molecule has 1 spiro atoms. The normalized spacial score (nSPS) is 20.5. The average molecular weight is 530 g/mol. The third-order valence-corrected chi connectivity index (χ3v) is 8.07. The zero-order valence-electron chi connectivity index (χ0n) is 21.4. The van der Waals surface area contributed by atoms with E-state index in [1.807, 2.05) is 24.3 Å². The molecule has 0 atom stereocenters. The Hall–Kier alpha value is -3.07. The Kier molecular flexibility index (Phi) is 7.66. The van der Waals surface area contributed by atoms with Gasteiger partial charge in [-0.15, -0.1) is 0 Å². The molecule has 1 N–H and O–H groups in total. The molecule has 9 heteroatoms. The molecule has 3 fully saturated rings. The van der Waals surface area contributed by atoms with Crippen LogP contribution in [0, 0.1) is 5.92 Å². The van der Waals surface area contributed by atoms with Crippen LogP contribution >= 0.6 is 0 Å². The molecule has 2 aliphatic heterocycles. The van der Waals surface area contributed by atoms with Crippen molar-refractivity contribution in [1.29, 1.82) is 0 Å². The summed E-state index contributed by atoms with van der Waals surface area (Å²) in [4.78, 5) is 29.1. The molecular formula is C29H34F3N3O3. The molecule has 204 valence electrons. The van der Waals surface area contributed by atoms with E-state index >= 15 is 0 Å². The van der Waals surface area contributed by atoms with Gasteiger partial charge in [0.1, 0.15) is 5.60 Å². The van der Waals surface area contributed by atoms with Crippen molar-refractivity contribution in [3.8, 4) is 0 Å². The number of amides is 2. The van der Waals surface area contributed by atoms with Crippen LogP contribution in [0.3, 0.4) is 0 Å². The molecule has 0 aromatic heterocycles. The van der Waals surface area contributed by atoms with Crippen molar-refractivity contribution in [2.75, 3.05) is 25.0 Å². The minimum absolute atomic E-state index is 0.0900. The molecule has 5 rings (SSSR count). The first kappa shape index (κ1) is 26.5. The minimum Gasteiger partial charge on any atom is -0.441 e. The van der Waals surface area contributed by atoms with Gasteiger partial charge in [-0.25, -0.2) is 4.79 Å². The van der Waals surface area contributed by atoms with Crippen LogP contribution in [0.1, 0.15) is 61.6 Å². The summed E-state index contributed by atoms with van der Waals surface area (Å²) >= 11 is 0. The van der Waals surface area contributed by atoms with Crippen LogP contribution in [0.2, 0.25) is 0 Å². The number of carbonyl (C=O) groups is 2. The fourth-order valence-corrected chi connectivity index (χ4v) is 5.77. The third-order valence-electron chi connectivity index (χ3n) is 8.07. The van der Waals surface area contributed by atoms with Gasteiger partial charge in [0.25, 0.3) is 0 Å². The van der Waals surface area contributed by atoms with Gasteiger partial charge < -0.3 is 10.1 Å². The number of alkyl halides is 3. The molecule has 0 radical (unpaired) electrons. The summed E-state index contributed by atoms with van der Waals surface area (Å²) < 4.78 is 44.3. The second kappa shape index (κ2) is 11.0. The van der Waals surface area contributed by atoms with Gasteiger partial charge in [-0.3, -0.25) is 14.6 Å². The van der Waals surface area contributed by atoms with Crippen molar-refractivity contribution in [3.05, 3.63) is 65.2 Å². The SMILES string of the molecule is O=C(Nc1ccc(CN2CC3(CCN(Cc4ccc(C(F)(F)F)cc4)CC3)OC2=O)cc1)C1CCCCC1. The Labute approximate surface area is 221 Å². The summed E-state index contributed by atoms with van der Waals surface area (Å²) in [5.41, 5.74) is 1.40. The van der Waals surface area contributed by atoms with Gasteiger partial charge in [0.15, 0.2) is 0 Å². The van der Waals surface area contributed by atoms with E-state index in [0.29, 0.717) is 45.6 Å². The summed E-state index contributed by atoms with van der Waals surface area (Å²) in [6.07, 6.45) is 2.05. The number of likely N-dealkylation sites (tertiary alicyclic amines) is 1. The van der Waals surface area contributed by atoms with E-state index in [2.05, 4.69) is 10.2 Å². The van der Waals surface area contributed by atoms with Crippen LogP contribution in [0.5, 0.6) is 0 Å². The summed E-state index contributed by atoms with van der Waals surface area (Å²) in [7, 11) is 0. The molecule has 38 heavy (non-hydrogen) atoms. The molecule has 0 unspecified atom stereocenters. The zero-order valence-corrected chi connectivity index (χ0v) is 21.4. The van der Waals surface area contributed by atoms with E-state index in [9.17, 15) is 22.8 Å². The number of piperidine rings is 1. The number of hydrogen-bond donors (Lipinski definition) is 1. The monoisotopic (exact) mass is 529 g/mol. The standard InChI is InChI=1S/C29H34F3N3O3/c30-29(31,32)24-10-6-21(7-11-24)18-34-16-14-28(15-17-34)20-35(27(37)38-28)19-22-8-12-25(13-9-22)33-26(36)23-4-2-1-3-5-23/h6-13,23H,1-5,14-20H2,(H,33,36). The number of nitrogens with zero attached hydrogens (tertiary/aromatic N) is 2. The van der Waals surface area contributed by atoms with Gasteiger partial charge >= 0.3 is 12.3 Å². The van der Waals surface area contributed by atoms with E-state index in [1.54, 1.807) is 4.90 Å². The van der Waals surface area contributed by atoms with Gasteiger partial charge in [0.05, 0.1) is 12.1 Å². The second-order valence-electron chi connectivity index (χ2n) is 10.9. The van der Waals surface area contributed by atoms with Crippen LogP contribution in [-0.4, -0.2) is 47.0 Å². The highest BCUT2D eigenvalue weighted by molar-refractivity contribution is 5.92. The predicted molar refractivity (Wildman–Crippen MR) is 137 cm³/mol. The van der Waals surface area contributed by atoms with E-state index in [1.165, 1.54) is 18.6 Å². The van der Waals surface area contributed by atoms with E-state index in [4.69, 9.17) is 4.74 Å². The number of hydrogen-bond acceptors (Lipinski definition) is 4. The number of ether oxygens (including phenoxy) is 1. The van der Waals surface area contributed by atoms with Crippen LogP contribution in [0.25, 0.3) is 0 Å². The molecule has 2 saturated heterocycles. The largest absolute Gasteiger partial charge is 0.441 e. The molecule has 1 saturated carbocycles. The first-order valence-electron chi connectivity index (χ1n) is 13.5. The lowest BCUT2D eigenvalue weighted by Gasteiger charge is -2.37. The zero-order chi connectivity index (χ0) is 26.8. The first-order chi connectivity index (χ1) is 18.2. The molecule has 2 aromatic rings. The topological polar surface area (TPSA) is 61.9 Å². The lowest BCUT2D eigenvalue weighted by molar-refractivity contribution is -0.137. The lowest BCUT2D eigenvalue weighted by atomic mass is 9.88. The van der Waals surface area contributed by atoms with Gasteiger partial charge in [-0.1, -0.05) is 43.5 Å². The van der Waals surface area contributed by atoms with Gasteiger partial charge in [0.2, 0.25) is 5.91 Å². The van der Waals surface area contributed by atoms with E-state index < -0.39 is 17.3 Å². The Balaban J connectivity index is 1.10. The maximum atomic E-state index is 12.8. The van der Waals surface area contributed by atoms with Gasteiger partial charge in [-0.2, -0.15) is 13.2 Å². The van der Waals surface area contributed by atoms with Crippen molar-refractivity contribution in [1.82, 2.24) is 9.80 Å². The number of halogens is 3. The molecule has 6 nitrogen and oxygen atoms in total. The molecule has 2 aromatic carbocycles. The highest BCUT2D eigenvalue weighted by Gasteiger charge is 2.46. The van der Waals surface area contributed by atoms with Gasteiger partial charge in [0, 0.05) is 50.6 Å². The lowest BCUT2D eigenvalue weighted by Crippen LogP contribution is -2.46. The molecule has 2 heterocycles. The third kappa shape index (κ3) is 6.31. The van der Waals surface area contributed by atoms with Crippen molar-refractivity contribution in [2.45, 2.75) is 69.8 Å². The maximum absolute atomic E-state index is 12.8. The fourth-order valence-electron chi connectivity index (χ4n) is 5.77. The smallest absolute Gasteiger partial charge is 0.416 e. The fraction of sp³-hybridized carbons (Fsp3) is 0.517. The molecule has 1 aliphatic carbocycles.